The lowest BCUT2D eigenvalue weighted by molar-refractivity contribution is 0.578. The minimum absolute atomic E-state index is 0.107. The molecule has 0 aliphatic rings. The van der Waals surface area contributed by atoms with Crippen LogP contribution in [-0.4, -0.2) is 41.4 Å². The monoisotopic (exact) mass is 284 g/mol. The van der Waals surface area contributed by atoms with Crippen molar-refractivity contribution in [1.29, 1.82) is 0 Å². The Bertz CT molecular complexity index is 469. The third kappa shape index (κ3) is 4.12. The molecule has 0 fully saturated rings. The van der Waals surface area contributed by atoms with Gasteiger partial charge in [-0.2, -0.15) is 0 Å². The minimum Gasteiger partial charge on any atom is -0.374 e. The fraction of sp³-hybridized carbons (Fsp3) is 0.667. The molecule has 3 N–H and O–H groups in total. The number of sulfonamides is 1. The van der Waals surface area contributed by atoms with Crippen molar-refractivity contribution in [2.24, 2.45) is 0 Å². The van der Waals surface area contributed by atoms with E-state index in [1.807, 2.05) is 0 Å². The molecule has 1 rings (SSSR count). The summed E-state index contributed by atoms with van der Waals surface area (Å²) in [6, 6.07) is 0. The van der Waals surface area contributed by atoms with E-state index in [9.17, 15) is 12.6 Å². The van der Waals surface area contributed by atoms with Gasteiger partial charge in [-0.1, -0.05) is 11.3 Å². The summed E-state index contributed by atoms with van der Waals surface area (Å²) in [6.45, 7) is 0.224. The van der Waals surface area contributed by atoms with E-state index in [0.29, 0.717) is 12.2 Å². The summed E-state index contributed by atoms with van der Waals surface area (Å²) in [5.41, 5.74) is 5.28. The second-order valence-electron chi connectivity index (χ2n) is 2.93. The Kier molecular flexibility index (Phi) is 4.77. The van der Waals surface area contributed by atoms with Gasteiger partial charge in [0.15, 0.2) is 0 Å². The molecular formula is C6H12N4O3S3. The summed E-state index contributed by atoms with van der Waals surface area (Å²) in [6.07, 6.45) is 2.08. The Hall–Kier alpha value is -0.580. The third-order valence-corrected chi connectivity index (χ3v) is 5.00. The first kappa shape index (κ1) is 13.5. The molecule has 0 spiro atoms. The molecule has 1 unspecified atom stereocenters. The minimum atomic E-state index is -3.62. The van der Waals surface area contributed by atoms with Gasteiger partial charge in [-0.25, -0.2) is 13.1 Å². The molecule has 16 heavy (non-hydrogen) atoms. The van der Waals surface area contributed by atoms with Crippen LogP contribution in [-0.2, 0) is 20.8 Å². The summed E-state index contributed by atoms with van der Waals surface area (Å²) >= 11 is 0.804. The lowest BCUT2D eigenvalue weighted by atomic mass is 10.5. The lowest BCUT2D eigenvalue weighted by Crippen LogP contribution is -2.25. The van der Waals surface area contributed by atoms with Crippen LogP contribution in [0.1, 0.15) is 6.42 Å². The van der Waals surface area contributed by atoms with Crippen molar-refractivity contribution in [3.05, 3.63) is 0 Å². The Labute approximate surface area is 100.0 Å². The normalized spacial score (nSPS) is 13.8. The van der Waals surface area contributed by atoms with Gasteiger partial charge in [0.1, 0.15) is 0 Å². The Morgan fingerprint density at radius 1 is 1.50 bits per heavy atom. The predicted octanol–water partition coefficient (Wildman–Crippen LogP) is -0.833. The quantitative estimate of drug-likeness (QED) is 0.659. The van der Waals surface area contributed by atoms with Crippen LogP contribution in [0.5, 0.6) is 0 Å². The number of hydrogen-bond donors (Lipinski definition) is 2. The Balaban J connectivity index is 2.50. The third-order valence-electron chi connectivity index (χ3n) is 1.55. The van der Waals surface area contributed by atoms with Crippen LogP contribution < -0.4 is 10.5 Å². The van der Waals surface area contributed by atoms with Gasteiger partial charge >= 0.3 is 0 Å². The van der Waals surface area contributed by atoms with Crippen molar-refractivity contribution >= 4 is 37.3 Å². The van der Waals surface area contributed by atoms with Gasteiger partial charge in [0.2, 0.25) is 9.47 Å². The van der Waals surface area contributed by atoms with Gasteiger partial charge in [-0.15, -0.1) is 10.2 Å². The van der Waals surface area contributed by atoms with Crippen molar-refractivity contribution in [1.82, 2.24) is 14.9 Å². The average molecular weight is 284 g/mol. The maximum Gasteiger partial charge on any atom is 0.269 e. The molecule has 1 heterocycles. The van der Waals surface area contributed by atoms with Crippen LogP contribution >= 0.6 is 11.3 Å². The highest BCUT2D eigenvalue weighted by Crippen LogP contribution is 2.16. The zero-order chi connectivity index (χ0) is 12.2. The van der Waals surface area contributed by atoms with E-state index in [4.69, 9.17) is 5.73 Å². The molecule has 0 radical (unpaired) electrons. The van der Waals surface area contributed by atoms with Crippen LogP contribution in [0.4, 0.5) is 5.13 Å². The van der Waals surface area contributed by atoms with Crippen LogP contribution in [0.15, 0.2) is 4.34 Å². The van der Waals surface area contributed by atoms with E-state index >= 15 is 0 Å². The van der Waals surface area contributed by atoms with Crippen LogP contribution in [0.3, 0.4) is 0 Å². The van der Waals surface area contributed by atoms with Crippen LogP contribution in [0.2, 0.25) is 0 Å². The van der Waals surface area contributed by atoms with Gasteiger partial charge in [0.25, 0.3) is 10.0 Å². The largest absolute Gasteiger partial charge is 0.374 e. The predicted molar refractivity (Wildman–Crippen MR) is 63.1 cm³/mol. The van der Waals surface area contributed by atoms with Gasteiger partial charge in [-0.3, -0.25) is 4.21 Å². The number of rotatable bonds is 6. The molecule has 0 saturated heterocycles. The molecule has 0 amide bonds. The first-order valence-electron chi connectivity index (χ1n) is 4.30. The average Bonchev–Trinajstić information content (AvgIpc) is 2.60. The van der Waals surface area contributed by atoms with E-state index in [1.165, 1.54) is 0 Å². The van der Waals surface area contributed by atoms with Gasteiger partial charge in [0.05, 0.1) is 0 Å². The van der Waals surface area contributed by atoms with Gasteiger partial charge in [-0.05, 0) is 6.42 Å². The molecule has 0 saturated carbocycles. The van der Waals surface area contributed by atoms with Gasteiger partial charge < -0.3 is 5.73 Å². The molecule has 1 aromatic rings. The highest BCUT2D eigenvalue weighted by atomic mass is 32.2. The molecule has 10 heteroatoms. The first-order chi connectivity index (χ1) is 7.42. The summed E-state index contributed by atoms with van der Waals surface area (Å²) in [4.78, 5) is 0. The van der Waals surface area contributed by atoms with E-state index in [0.717, 1.165) is 11.3 Å². The lowest BCUT2D eigenvalue weighted by Gasteiger charge is -2.01. The molecule has 1 aromatic heterocycles. The first-order valence-corrected chi connectivity index (χ1v) is 8.33. The second kappa shape index (κ2) is 5.66. The number of nitrogens with one attached hydrogen (secondary N) is 1. The summed E-state index contributed by atoms with van der Waals surface area (Å²) in [7, 11) is -4.54. The second-order valence-corrected chi connectivity index (χ2v) is 7.44. The molecule has 7 nitrogen and oxygen atoms in total. The molecule has 0 bridgehead atoms. The Morgan fingerprint density at radius 3 is 2.69 bits per heavy atom. The number of aromatic nitrogens is 2. The van der Waals surface area contributed by atoms with E-state index in [1.54, 1.807) is 6.26 Å². The van der Waals surface area contributed by atoms with Crippen molar-refractivity contribution in [2.45, 2.75) is 10.8 Å². The number of hydrogen-bond acceptors (Lipinski definition) is 7. The topological polar surface area (TPSA) is 115 Å². The van der Waals surface area contributed by atoms with Crippen molar-refractivity contribution in [3.63, 3.8) is 0 Å². The highest BCUT2D eigenvalue weighted by Gasteiger charge is 2.18. The fourth-order valence-electron chi connectivity index (χ4n) is 0.873. The number of nitrogens with two attached hydrogens (primary N) is 1. The standard InChI is InChI=1S/C6H12N4O3S3/c1-15(11)4-2-3-8-16(12,13)6-10-9-5(7)14-6/h8H,2-4H2,1H3,(H2,7,9). The number of nitrogen functional groups attached to an aromatic ring is 1. The zero-order valence-corrected chi connectivity index (χ0v) is 11.0. The number of anilines is 1. The zero-order valence-electron chi connectivity index (χ0n) is 8.54. The van der Waals surface area contributed by atoms with Gasteiger partial charge in [0, 0.05) is 29.4 Å². The van der Waals surface area contributed by atoms with Crippen molar-refractivity contribution < 1.29 is 12.6 Å². The summed E-state index contributed by atoms with van der Waals surface area (Å²) < 4.78 is 36.0. The highest BCUT2D eigenvalue weighted by molar-refractivity contribution is 7.91. The smallest absolute Gasteiger partial charge is 0.269 e. The number of nitrogens with zero attached hydrogens (tertiary/aromatic N) is 2. The summed E-state index contributed by atoms with van der Waals surface area (Å²) in [5, 5.41) is 6.96. The van der Waals surface area contributed by atoms with E-state index < -0.39 is 20.8 Å². The van der Waals surface area contributed by atoms with Crippen LogP contribution in [0, 0.1) is 0 Å². The molecule has 0 aliphatic carbocycles. The molecule has 92 valence electrons. The summed E-state index contributed by atoms with van der Waals surface area (Å²) in [5.74, 6) is 0.459. The van der Waals surface area contributed by atoms with E-state index in [-0.39, 0.29) is 16.0 Å². The van der Waals surface area contributed by atoms with Crippen molar-refractivity contribution in [2.75, 3.05) is 24.3 Å². The van der Waals surface area contributed by atoms with Crippen LogP contribution in [0.25, 0.3) is 0 Å². The fourth-order valence-corrected chi connectivity index (χ4v) is 3.32. The molecule has 1 atom stereocenters. The molecule has 0 aliphatic heterocycles. The SMILES string of the molecule is CS(=O)CCCNS(=O)(=O)c1nnc(N)s1. The molecular weight excluding hydrogens is 272 g/mol. The maximum absolute atomic E-state index is 11.6. The van der Waals surface area contributed by atoms with Crippen molar-refractivity contribution in [3.8, 4) is 0 Å². The Morgan fingerprint density at radius 2 is 2.19 bits per heavy atom. The molecule has 0 aromatic carbocycles. The van der Waals surface area contributed by atoms with E-state index in [2.05, 4.69) is 14.9 Å². The maximum atomic E-state index is 11.6.